The van der Waals surface area contributed by atoms with Crippen LogP contribution in [0.3, 0.4) is 0 Å². The van der Waals surface area contributed by atoms with Crippen molar-refractivity contribution in [3.05, 3.63) is 12.2 Å². The van der Waals surface area contributed by atoms with E-state index < -0.39 is 6.03 Å². The highest BCUT2D eigenvalue weighted by Gasteiger charge is 2.51. The van der Waals surface area contributed by atoms with Crippen LogP contribution in [0, 0.1) is 17.3 Å². The highest BCUT2D eigenvalue weighted by Crippen LogP contribution is 2.56. The summed E-state index contributed by atoms with van der Waals surface area (Å²) in [4.78, 5) is 10.6. The van der Waals surface area contributed by atoms with E-state index in [4.69, 9.17) is 5.73 Å². The Kier molecular flexibility index (Phi) is 2.10. The summed E-state index contributed by atoms with van der Waals surface area (Å²) in [6.07, 6.45) is 2.07. The monoisotopic (exact) mass is 207 g/mol. The number of carbonyl (C=O) groups excluding carboxylic acids is 1. The van der Waals surface area contributed by atoms with Gasteiger partial charge in [0.15, 0.2) is 0 Å². The number of allylic oxidation sites excluding steroid dienone is 1. The minimum Gasteiger partial charge on any atom is -0.350 e. The molecular weight excluding hydrogens is 190 g/mol. The molecule has 2 bridgehead atoms. The number of nitrogens with one attached hydrogen (secondary N) is 1. The first-order valence-corrected chi connectivity index (χ1v) is 5.24. The minimum absolute atomic E-state index is 0.219. The van der Waals surface area contributed by atoms with Crippen molar-refractivity contribution in [3.8, 4) is 0 Å². The van der Waals surface area contributed by atoms with Crippen molar-refractivity contribution in [2.24, 2.45) is 28.1 Å². The molecule has 0 saturated heterocycles. The molecule has 0 aromatic heterocycles. The van der Waals surface area contributed by atoms with E-state index in [-0.39, 0.29) is 5.41 Å². The SMILES string of the molecule is C=C1C2CC(C/C2=N\NC(N)=O)C1(C)C. The molecule has 2 aliphatic carbocycles. The molecule has 0 aromatic carbocycles. The normalized spacial score (nSPS) is 34.8. The Morgan fingerprint density at radius 3 is 2.80 bits per heavy atom. The molecule has 15 heavy (non-hydrogen) atoms. The molecule has 0 heterocycles. The summed E-state index contributed by atoms with van der Waals surface area (Å²) < 4.78 is 0. The third-order valence-electron chi connectivity index (χ3n) is 3.96. The largest absolute Gasteiger partial charge is 0.350 e. The van der Waals surface area contributed by atoms with Gasteiger partial charge in [-0.25, -0.2) is 10.2 Å². The average molecular weight is 207 g/mol. The Balaban J connectivity index is 2.15. The topological polar surface area (TPSA) is 67.5 Å². The van der Waals surface area contributed by atoms with Crippen LogP contribution >= 0.6 is 0 Å². The highest BCUT2D eigenvalue weighted by molar-refractivity contribution is 5.94. The summed E-state index contributed by atoms with van der Waals surface area (Å²) >= 11 is 0. The minimum atomic E-state index is -0.602. The molecule has 2 saturated carbocycles. The number of nitrogens with zero attached hydrogens (tertiary/aromatic N) is 1. The van der Waals surface area contributed by atoms with E-state index in [9.17, 15) is 4.79 Å². The molecule has 2 atom stereocenters. The van der Waals surface area contributed by atoms with Crippen molar-refractivity contribution >= 4 is 11.7 Å². The van der Waals surface area contributed by atoms with E-state index in [2.05, 4.69) is 31.0 Å². The highest BCUT2D eigenvalue weighted by atomic mass is 16.2. The van der Waals surface area contributed by atoms with Gasteiger partial charge in [-0.2, -0.15) is 5.10 Å². The van der Waals surface area contributed by atoms with Crippen LogP contribution in [-0.4, -0.2) is 11.7 Å². The summed E-state index contributed by atoms with van der Waals surface area (Å²) in [7, 11) is 0. The van der Waals surface area contributed by atoms with Gasteiger partial charge in [-0.1, -0.05) is 26.0 Å². The maximum Gasteiger partial charge on any atom is 0.332 e. The first kappa shape index (κ1) is 10.2. The van der Waals surface area contributed by atoms with E-state index in [0.717, 1.165) is 18.6 Å². The van der Waals surface area contributed by atoms with Crippen molar-refractivity contribution in [2.75, 3.05) is 0 Å². The predicted octanol–water partition coefficient (Wildman–Crippen LogP) is 1.63. The van der Waals surface area contributed by atoms with Crippen molar-refractivity contribution < 1.29 is 4.79 Å². The first-order valence-electron chi connectivity index (χ1n) is 5.24. The standard InChI is InChI=1S/C11H17N3O/c1-6-8-4-7(11(6,2)3)5-9(8)13-14-10(12)15/h7-8H,1,4-5H2,2-3H3,(H3,12,14,15)/b13-9+. The number of carbonyl (C=O) groups is 1. The number of hydrogen-bond acceptors (Lipinski definition) is 2. The molecule has 2 aliphatic rings. The fraction of sp³-hybridized carbons (Fsp3) is 0.636. The maximum atomic E-state index is 10.6. The van der Waals surface area contributed by atoms with Crippen LogP contribution in [0.2, 0.25) is 0 Å². The molecule has 0 aliphatic heterocycles. The summed E-state index contributed by atoms with van der Waals surface area (Å²) in [5, 5.41) is 4.05. The maximum absolute atomic E-state index is 10.6. The third-order valence-corrected chi connectivity index (χ3v) is 3.96. The molecule has 82 valence electrons. The summed E-state index contributed by atoms with van der Waals surface area (Å²) in [5.74, 6) is 0.959. The molecule has 0 spiro atoms. The molecule has 2 rings (SSSR count). The smallest absolute Gasteiger partial charge is 0.332 e. The van der Waals surface area contributed by atoms with E-state index in [1.165, 1.54) is 5.57 Å². The Hall–Kier alpha value is -1.32. The predicted molar refractivity (Wildman–Crippen MR) is 59.3 cm³/mol. The molecule has 2 unspecified atom stereocenters. The zero-order valence-electron chi connectivity index (χ0n) is 9.21. The van der Waals surface area contributed by atoms with E-state index in [1.807, 2.05) is 0 Å². The Labute approximate surface area is 89.6 Å². The molecule has 2 fully saturated rings. The fourth-order valence-electron chi connectivity index (χ4n) is 2.75. The Morgan fingerprint density at radius 2 is 2.33 bits per heavy atom. The number of amides is 2. The van der Waals surface area contributed by atoms with Crippen LogP contribution in [0.25, 0.3) is 0 Å². The van der Waals surface area contributed by atoms with E-state index in [1.54, 1.807) is 0 Å². The van der Waals surface area contributed by atoms with Gasteiger partial charge in [0, 0.05) is 11.6 Å². The number of urea groups is 1. The van der Waals surface area contributed by atoms with Gasteiger partial charge in [0.05, 0.1) is 0 Å². The average Bonchev–Trinajstić information content (AvgIpc) is 2.64. The quantitative estimate of drug-likeness (QED) is 0.498. The molecular formula is C11H17N3O. The molecule has 4 nitrogen and oxygen atoms in total. The number of fused-ring (bicyclic) bond motifs is 2. The van der Waals surface area contributed by atoms with Crippen molar-refractivity contribution in [1.82, 2.24) is 5.43 Å². The summed E-state index contributed by atoms with van der Waals surface area (Å²) in [5.41, 5.74) is 9.77. The molecule has 0 radical (unpaired) electrons. The third kappa shape index (κ3) is 1.44. The zero-order chi connectivity index (χ0) is 11.2. The summed E-state index contributed by atoms with van der Waals surface area (Å²) in [6.45, 7) is 8.61. The van der Waals surface area contributed by atoms with Crippen LogP contribution in [0.1, 0.15) is 26.7 Å². The van der Waals surface area contributed by atoms with E-state index in [0.29, 0.717) is 11.8 Å². The lowest BCUT2D eigenvalue weighted by Crippen LogP contribution is -2.31. The number of hydrazone groups is 1. The zero-order valence-corrected chi connectivity index (χ0v) is 9.21. The lowest BCUT2D eigenvalue weighted by molar-refractivity contribution is 0.249. The molecule has 0 aromatic rings. The van der Waals surface area contributed by atoms with Crippen molar-refractivity contribution in [1.29, 1.82) is 0 Å². The number of rotatable bonds is 1. The van der Waals surface area contributed by atoms with Gasteiger partial charge in [0.1, 0.15) is 0 Å². The molecule has 3 N–H and O–H groups in total. The van der Waals surface area contributed by atoms with Gasteiger partial charge in [-0.3, -0.25) is 0 Å². The Morgan fingerprint density at radius 1 is 1.67 bits per heavy atom. The number of hydrogen-bond donors (Lipinski definition) is 2. The van der Waals surface area contributed by atoms with Crippen molar-refractivity contribution in [2.45, 2.75) is 26.7 Å². The first-order chi connectivity index (χ1) is 6.93. The van der Waals surface area contributed by atoms with Gasteiger partial charge in [-0.15, -0.1) is 0 Å². The van der Waals surface area contributed by atoms with Crippen LogP contribution in [0.15, 0.2) is 17.3 Å². The molecule has 2 amide bonds. The van der Waals surface area contributed by atoms with Crippen LogP contribution in [0.4, 0.5) is 4.79 Å². The van der Waals surface area contributed by atoms with Gasteiger partial charge in [0.25, 0.3) is 0 Å². The lowest BCUT2D eigenvalue weighted by atomic mass is 9.73. The fourth-order valence-corrected chi connectivity index (χ4v) is 2.75. The number of primary amides is 1. The van der Waals surface area contributed by atoms with Crippen LogP contribution < -0.4 is 11.2 Å². The van der Waals surface area contributed by atoms with Gasteiger partial charge in [-0.05, 0) is 24.2 Å². The second-order valence-corrected chi connectivity index (χ2v) is 5.02. The van der Waals surface area contributed by atoms with Gasteiger partial charge >= 0.3 is 6.03 Å². The van der Waals surface area contributed by atoms with Gasteiger partial charge in [0.2, 0.25) is 0 Å². The molecule has 4 heteroatoms. The Bertz CT molecular complexity index is 357. The second-order valence-electron chi connectivity index (χ2n) is 5.02. The second kappa shape index (κ2) is 3.08. The van der Waals surface area contributed by atoms with Gasteiger partial charge < -0.3 is 5.73 Å². The van der Waals surface area contributed by atoms with Crippen LogP contribution in [-0.2, 0) is 0 Å². The number of nitrogens with two attached hydrogens (primary N) is 1. The van der Waals surface area contributed by atoms with Crippen LogP contribution in [0.5, 0.6) is 0 Å². The van der Waals surface area contributed by atoms with Crippen molar-refractivity contribution in [3.63, 3.8) is 0 Å². The summed E-state index contributed by atoms with van der Waals surface area (Å²) in [6, 6.07) is -0.602. The van der Waals surface area contributed by atoms with E-state index >= 15 is 0 Å². The lowest BCUT2D eigenvalue weighted by Gasteiger charge is -2.32.